The van der Waals surface area contributed by atoms with Gasteiger partial charge in [0.1, 0.15) is 30.3 Å². The molecule has 4 rings (SSSR count). The molecule has 0 radical (unpaired) electrons. The summed E-state index contributed by atoms with van der Waals surface area (Å²) in [4.78, 5) is 40.9. The van der Waals surface area contributed by atoms with E-state index in [1.807, 2.05) is 103 Å². The highest BCUT2D eigenvalue weighted by Gasteiger charge is 2.43. The number of rotatable bonds is 12. The highest BCUT2D eigenvalue weighted by atomic mass is 16.5. The Labute approximate surface area is 294 Å². The molecule has 5 N–H and O–H groups in total. The first-order valence-corrected chi connectivity index (χ1v) is 16.5. The fourth-order valence-electron chi connectivity index (χ4n) is 6.00. The standard InChI is InChI=1S/C38H49N7O5/c1-36(2,3)31-30(45(37(4,5)6)35(48)44(23-25-49-33(39)46)24-26-50-34(40)47)32(43(7)42-31)41-38(27-17-11-8-12-18-27,28-19-13-9-14-20-28)29-21-15-10-16-22-29/h8-22,41H,23-26H2,1-7H3,(H2,39,46)(H2,40,47). The van der Waals surface area contributed by atoms with Crippen molar-refractivity contribution in [2.45, 2.75) is 58.0 Å². The molecule has 1 aromatic heterocycles. The Morgan fingerprint density at radius 3 is 1.46 bits per heavy atom. The number of hydrogen-bond acceptors (Lipinski definition) is 7. The Bertz CT molecular complexity index is 1630. The Balaban J connectivity index is 2.01. The zero-order chi connectivity index (χ0) is 36.7. The average molecular weight is 684 g/mol. The molecule has 0 unspecified atom stereocenters. The normalized spacial score (nSPS) is 11.8. The number of aromatic nitrogens is 2. The molecule has 266 valence electrons. The van der Waals surface area contributed by atoms with Crippen LogP contribution in [-0.4, -0.2) is 64.7 Å². The first-order valence-electron chi connectivity index (χ1n) is 16.5. The number of hydrogen-bond donors (Lipinski definition) is 3. The van der Waals surface area contributed by atoms with E-state index < -0.39 is 34.7 Å². The predicted octanol–water partition coefficient (Wildman–Crippen LogP) is 6.34. The first kappa shape index (κ1) is 37.3. The minimum atomic E-state index is -0.966. The molecule has 12 nitrogen and oxygen atoms in total. The van der Waals surface area contributed by atoms with Gasteiger partial charge in [-0.3, -0.25) is 9.58 Å². The molecule has 12 heteroatoms. The van der Waals surface area contributed by atoms with E-state index in [9.17, 15) is 14.4 Å². The van der Waals surface area contributed by atoms with Crippen molar-refractivity contribution >= 4 is 29.7 Å². The topological polar surface area (TPSA) is 158 Å². The second-order valence-corrected chi connectivity index (χ2v) is 14.0. The SMILES string of the molecule is Cn1nc(C(C)(C)C)c(N(C(=O)N(CCOC(N)=O)CCOC(N)=O)C(C)(C)C)c1NC(c1ccccc1)(c1ccccc1)c1ccccc1. The van der Waals surface area contributed by atoms with Gasteiger partial charge in [-0.15, -0.1) is 0 Å². The number of nitrogens with two attached hydrogens (primary N) is 2. The number of aryl methyl sites for hydroxylation is 1. The summed E-state index contributed by atoms with van der Waals surface area (Å²) in [5, 5.41) is 9.01. The summed E-state index contributed by atoms with van der Waals surface area (Å²) in [5.41, 5.74) is 12.4. The number of urea groups is 1. The number of carbonyl (C=O) groups is 3. The second-order valence-electron chi connectivity index (χ2n) is 14.0. The summed E-state index contributed by atoms with van der Waals surface area (Å²) in [6.45, 7) is 11.6. The lowest BCUT2D eigenvalue weighted by Gasteiger charge is -2.42. The van der Waals surface area contributed by atoms with Gasteiger partial charge in [0.2, 0.25) is 0 Å². The molecule has 50 heavy (non-hydrogen) atoms. The van der Waals surface area contributed by atoms with Gasteiger partial charge in [0.15, 0.2) is 0 Å². The highest BCUT2D eigenvalue weighted by Crippen LogP contribution is 2.46. The Kier molecular flexibility index (Phi) is 11.5. The number of benzene rings is 3. The summed E-state index contributed by atoms with van der Waals surface area (Å²) in [6, 6.07) is 30.1. The molecule has 0 bridgehead atoms. The molecule has 0 saturated carbocycles. The number of nitrogens with zero attached hydrogens (tertiary/aromatic N) is 4. The van der Waals surface area contributed by atoms with Crippen LogP contribution in [0.25, 0.3) is 0 Å². The maximum atomic E-state index is 14.9. The van der Waals surface area contributed by atoms with Crippen LogP contribution in [0.5, 0.6) is 0 Å². The molecule has 0 aliphatic heterocycles. The van der Waals surface area contributed by atoms with Gasteiger partial charge < -0.3 is 31.2 Å². The Morgan fingerprint density at radius 2 is 1.12 bits per heavy atom. The molecular formula is C38H49N7O5. The summed E-state index contributed by atoms with van der Waals surface area (Å²) in [5.74, 6) is 0.594. The third-order valence-corrected chi connectivity index (χ3v) is 8.23. The van der Waals surface area contributed by atoms with Crippen molar-refractivity contribution in [3.8, 4) is 0 Å². The molecule has 0 aliphatic carbocycles. The minimum absolute atomic E-state index is 0.0215. The predicted molar refractivity (Wildman–Crippen MR) is 195 cm³/mol. The molecule has 0 atom stereocenters. The Morgan fingerprint density at radius 1 is 0.720 bits per heavy atom. The van der Waals surface area contributed by atoms with E-state index in [1.54, 1.807) is 9.58 Å². The number of nitrogens with one attached hydrogen (secondary N) is 1. The first-order chi connectivity index (χ1) is 23.6. The molecule has 3 aromatic carbocycles. The molecule has 4 amide bonds. The van der Waals surface area contributed by atoms with Crippen molar-refractivity contribution in [3.05, 3.63) is 113 Å². The summed E-state index contributed by atoms with van der Waals surface area (Å²) in [7, 11) is 1.86. The second kappa shape index (κ2) is 15.4. The van der Waals surface area contributed by atoms with Gasteiger partial charge in [0, 0.05) is 18.0 Å². The van der Waals surface area contributed by atoms with Crippen LogP contribution in [0.4, 0.5) is 25.9 Å². The smallest absolute Gasteiger partial charge is 0.404 e. The van der Waals surface area contributed by atoms with Crippen molar-refractivity contribution in [1.82, 2.24) is 14.7 Å². The zero-order valence-corrected chi connectivity index (χ0v) is 30.0. The van der Waals surface area contributed by atoms with E-state index in [1.165, 1.54) is 4.90 Å². The van der Waals surface area contributed by atoms with E-state index in [0.29, 0.717) is 17.2 Å². The van der Waals surface area contributed by atoms with E-state index in [4.69, 9.17) is 26.0 Å². The third-order valence-electron chi connectivity index (χ3n) is 8.23. The van der Waals surface area contributed by atoms with E-state index in [0.717, 1.165) is 16.7 Å². The van der Waals surface area contributed by atoms with E-state index in [-0.39, 0.29) is 26.3 Å². The third kappa shape index (κ3) is 8.36. The van der Waals surface area contributed by atoms with Crippen LogP contribution in [0.1, 0.15) is 63.9 Å². The average Bonchev–Trinajstić information content (AvgIpc) is 3.38. The van der Waals surface area contributed by atoms with Gasteiger partial charge >= 0.3 is 18.2 Å². The number of primary amides is 2. The molecule has 0 saturated heterocycles. The van der Waals surface area contributed by atoms with Crippen LogP contribution in [0.3, 0.4) is 0 Å². The number of ether oxygens (including phenoxy) is 2. The van der Waals surface area contributed by atoms with Gasteiger partial charge in [0.25, 0.3) is 0 Å². The van der Waals surface area contributed by atoms with Crippen LogP contribution < -0.4 is 21.7 Å². The zero-order valence-electron chi connectivity index (χ0n) is 30.0. The van der Waals surface area contributed by atoms with Crippen LogP contribution in [0.15, 0.2) is 91.0 Å². The number of amides is 4. The van der Waals surface area contributed by atoms with Crippen LogP contribution in [-0.2, 0) is 27.5 Å². The number of anilines is 2. The lowest BCUT2D eigenvalue weighted by Crippen LogP contribution is -2.54. The maximum absolute atomic E-state index is 14.9. The van der Waals surface area contributed by atoms with Crippen LogP contribution in [0, 0.1) is 0 Å². The molecule has 0 spiro atoms. The van der Waals surface area contributed by atoms with Crippen LogP contribution in [0.2, 0.25) is 0 Å². The highest BCUT2D eigenvalue weighted by molar-refractivity contribution is 5.98. The lowest BCUT2D eigenvalue weighted by atomic mass is 9.77. The summed E-state index contributed by atoms with van der Waals surface area (Å²) >= 11 is 0. The molecule has 1 heterocycles. The lowest BCUT2D eigenvalue weighted by molar-refractivity contribution is 0.120. The maximum Gasteiger partial charge on any atom is 0.404 e. The van der Waals surface area contributed by atoms with Crippen LogP contribution >= 0.6 is 0 Å². The fourth-order valence-corrected chi connectivity index (χ4v) is 6.00. The monoisotopic (exact) mass is 683 g/mol. The van der Waals surface area contributed by atoms with Crippen molar-refractivity contribution in [3.63, 3.8) is 0 Å². The summed E-state index contributed by atoms with van der Waals surface area (Å²) < 4.78 is 11.8. The summed E-state index contributed by atoms with van der Waals surface area (Å²) in [6.07, 6.45) is -1.93. The van der Waals surface area contributed by atoms with Gasteiger partial charge in [0.05, 0.1) is 18.8 Å². The van der Waals surface area contributed by atoms with Crippen molar-refractivity contribution in [1.29, 1.82) is 0 Å². The Hall–Kier alpha value is -5.52. The van der Waals surface area contributed by atoms with Crippen molar-refractivity contribution in [2.24, 2.45) is 18.5 Å². The minimum Gasteiger partial charge on any atom is -0.448 e. The quantitative estimate of drug-likeness (QED) is 0.147. The van der Waals surface area contributed by atoms with Gasteiger partial charge in [-0.05, 0) is 37.5 Å². The molecule has 0 fully saturated rings. The van der Waals surface area contributed by atoms with Crippen molar-refractivity contribution in [2.75, 3.05) is 36.5 Å². The molecule has 0 aliphatic rings. The molecular weight excluding hydrogens is 634 g/mol. The van der Waals surface area contributed by atoms with Gasteiger partial charge in [-0.1, -0.05) is 112 Å². The van der Waals surface area contributed by atoms with E-state index in [2.05, 4.69) is 41.7 Å². The van der Waals surface area contributed by atoms with Crippen molar-refractivity contribution < 1.29 is 23.9 Å². The number of carbonyl (C=O) groups excluding carboxylic acids is 3. The van der Waals surface area contributed by atoms with Gasteiger partial charge in [-0.25, -0.2) is 14.4 Å². The van der Waals surface area contributed by atoms with Gasteiger partial charge in [-0.2, -0.15) is 5.10 Å². The van der Waals surface area contributed by atoms with E-state index >= 15 is 0 Å². The largest absolute Gasteiger partial charge is 0.448 e. The molecule has 4 aromatic rings. The fraction of sp³-hybridized carbons (Fsp3) is 0.368.